The molecule has 0 bridgehead atoms. The van der Waals surface area contributed by atoms with Crippen molar-refractivity contribution < 1.29 is 0 Å². The standard InChI is InChI=1S/C12H23N/c1-2-12(8-4-3-5-9-12)10-13-11-6-7-11/h11,13H,2-10H2,1H3. The van der Waals surface area contributed by atoms with Crippen LogP contribution in [0.5, 0.6) is 0 Å². The van der Waals surface area contributed by atoms with Gasteiger partial charge in [0.15, 0.2) is 0 Å². The molecule has 2 fully saturated rings. The number of hydrogen-bond acceptors (Lipinski definition) is 1. The highest BCUT2D eigenvalue weighted by molar-refractivity contribution is 4.88. The Morgan fingerprint density at radius 3 is 2.38 bits per heavy atom. The SMILES string of the molecule is CCC1(CNC2CC2)CCCCC1. The van der Waals surface area contributed by atoms with Gasteiger partial charge in [-0.2, -0.15) is 0 Å². The van der Waals surface area contributed by atoms with E-state index in [1.165, 1.54) is 57.9 Å². The third-order valence-electron chi connectivity index (χ3n) is 4.01. The summed E-state index contributed by atoms with van der Waals surface area (Å²) in [5.41, 5.74) is 0.681. The molecule has 13 heavy (non-hydrogen) atoms. The van der Waals surface area contributed by atoms with Gasteiger partial charge in [0.05, 0.1) is 0 Å². The van der Waals surface area contributed by atoms with E-state index in [2.05, 4.69) is 12.2 Å². The molecule has 0 aliphatic heterocycles. The summed E-state index contributed by atoms with van der Waals surface area (Å²) in [5, 5.41) is 3.72. The topological polar surface area (TPSA) is 12.0 Å². The number of nitrogens with one attached hydrogen (secondary N) is 1. The smallest absolute Gasteiger partial charge is 0.00684 e. The average Bonchev–Trinajstić information content (AvgIpc) is 3.00. The molecule has 2 aliphatic carbocycles. The molecule has 0 unspecified atom stereocenters. The molecule has 0 amide bonds. The van der Waals surface area contributed by atoms with Crippen LogP contribution in [0, 0.1) is 5.41 Å². The van der Waals surface area contributed by atoms with E-state index in [1.54, 1.807) is 0 Å². The molecular weight excluding hydrogens is 158 g/mol. The summed E-state index contributed by atoms with van der Waals surface area (Å²) in [6.07, 6.45) is 11.6. The van der Waals surface area contributed by atoms with Gasteiger partial charge < -0.3 is 5.32 Å². The lowest BCUT2D eigenvalue weighted by molar-refractivity contribution is 0.174. The van der Waals surface area contributed by atoms with Crippen LogP contribution >= 0.6 is 0 Å². The highest BCUT2D eigenvalue weighted by Crippen LogP contribution is 2.39. The van der Waals surface area contributed by atoms with Crippen molar-refractivity contribution >= 4 is 0 Å². The lowest BCUT2D eigenvalue weighted by atomic mass is 9.72. The predicted molar refractivity (Wildman–Crippen MR) is 56.8 cm³/mol. The summed E-state index contributed by atoms with van der Waals surface area (Å²) in [4.78, 5) is 0. The lowest BCUT2D eigenvalue weighted by Gasteiger charge is -2.36. The minimum Gasteiger partial charge on any atom is -0.313 e. The highest BCUT2D eigenvalue weighted by atomic mass is 15.0. The number of hydrogen-bond donors (Lipinski definition) is 1. The van der Waals surface area contributed by atoms with Crippen LogP contribution in [-0.4, -0.2) is 12.6 Å². The van der Waals surface area contributed by atoms with E-state index < -0.39 is 0 Å². The molecule has 0 radical (unpaired) electrons. The van der Waals surface area contributed by atoms with Gasteiger partial charge in [0.25, 0.3) is 0 Å². The Morgan fingerprint density at radius 2 is 1.85 bits per heavy atom. The molecule has 1 N–H and O–H groups in total. The van der Waals surface area contributed by atoms with E-state index in [0.717, 1.165) is 6.04 Å². The van der Waals surface area contributed by atoms with Crippen molar-refractivity contribution in [1.82, 2.24) is 5.32 Å². The van der Waals surface area contributed by atoms with Crippen molar-refractivity contribution in [3.05, 3.63) is 0 Å². The molecule has 2 saturated carbocycles. The first-order valence-electron chi connectivity index (χ1n) is 6.08. The van der Waals surface area contributed by atoms with Crippen LogP contribution in [0.15, 0.2) is 0 Å². The van der Waals surface area contributed by atoms with Crippen molar-refractivity contribution in [3.63, 3.8) is 0 Å². The van der Waals surface area contributed by atoms with Gasteiger partial charge in [0.1, 0.15) is 0 Å². The van der Waals surface area contributed by atoms with Gasteiger partial charge in [0.2, 0.25) is 0 Å². The summed E-state index contributed by atoms with van der Waals surface area (Å²) in [7, 11) is 0. The maximum absolute atomic E-state index is 3.72. The van der Waals surface area contributed by atoms with E-state index in [0.29, 0.717) is 5.41 Å². The Labute approximate surface area is 82.3 Å². The molecule has 0 aromatic heterocycles. The summed E-state index contributed by atoms with van der Waals surface area (Å²) in [6.45, 7) is 3.67. The van der Waals surface area contributed by atoms with Crippen LogP contribution in [0.2, 0.25) is 0 Å². The fraction of sp³-hybridized carbons (Fsp3) is 1.00. The Bertz CT molecular complexity index is 155. The average molecular weight is 181 g/mol. The molecule has 2 rings (SSSR count). The first kappa shape index (κ1) is 9.51. The van der Waals surface area contributed by atoms with Crippen molar-refractivity contribution in [2.75, 3.05) is 6.54 Å². The zero-order chi connectivity index (χ0) is 9.15. The molecule has 0 spiro atoms. The second-order valence-corrected chi connectivity index (χ2v) is 5.07. The van der Waals surface area contributed by atoms with Gasteiger partial charge >= 0.3 is 0 Å². The normalized spacial score (nSPS) is 27.5. The van der Waals surface area contributed by atoms with Gasteiger partial charge in [-0.05, 0) is 37.5 Å². The molecule has 0 saturated heterocycles. The molecule has 0 aromatic carbocycles. The molecule has 0 atom stereocenters. The minimum atomic E-state index is 0.681. The quantitative estimate of drug-likeness (QED) is 0.702. The van der Waals surface area contributed by atoms with E-state index >= 15 is 0 Å². The van der Waals surface area contributed by atoms with Crippen molar-refractivity contribution in [3.8, 4) is 0 Å². The summed E-state index contributed by atoms with van der Waals surface area (Å²) >= 11 is 0. The van der Waals surface area contributed by atoms with Gasteiger partial charge in [-0.15, -0.1) is 0 Å². The lowest BCUT2D eigenvalue weighted by Crippen LogP contribution is -2.36. The van der Waals surface area contributed by atoms with Crippen molar-refractivity contribution in [2.24, 2.45) is 5.41 Å². The number of rotatable bonds is 4. The summed E-state index contributed by atoms with van der Waals surface area (Å²) in [5.74, 6) is 0. The molecule has 1 heteroatoms. The Morgan fingerprint density at radius 1 is 1.15 bits per heavy atom. The fourth-order valence-electron chi connectivity index (χ4n) is 2.61. The van der Waals surface area contributed by atoms with E-state index in [1.807, 2.05) is 0 Å². The third kappa shape index (κ3) is 2.46. The van der Waals surface area contributed by atoms with Crippen molar-refractivity contribution in [1.29, 1.82) is 0 Å². The van der Waals surface area contributed by atoms with Crippen LogP contribution in [0.3, 0.4) is 0 Å². The Hall–Kier alpha value is -0.0400. The molecule has 76 valence electrons. The monoisotopic (exact) mass is 181 g/mol. The van der Waals surface area contributed by atoms with Crippen LogP contribution in [0.25, 0.3) is 0 Å². The van der Waals surface area contributed by atoms with E-state index in [-0.39, 0.29) is 0 Å². The zero-order valence-electron chi connectivity index (χ0n) is 8.94. The molecule has 0 aromatic rings. The molecule has 1 nitrogen and oxygen atoms in total. The van der Waals surface area contributed by atoms with Gasteiger partial charge in [-0.1, -0.05) is 26.2 Å². The van der Waals surface area contributed by atoms with Gasteiger partial charge in [-0.25, -0.2) is 0 Å². The summed E-state index contributed by atoms with van der Waals surface area (Å²) in [6, 6.07) is 0.894. The third-order valence-corrected chi connectivity index (χ3v) is 4.01. The van der Waals surface area contributed by atoms with Crippen LogP contribution in [-0.2, 0) is 0 Å². The van der Waals surface area contributed by atoms with E-state index in [9.17, 15) is 0 Å². The largest absolute Gasteiger partial charge is 0.313 e. The van der Waals surface area contributed by atoms with Gasteiger partial charge in [-0.3, -0.25) is 0 Å². The van der Waals surface area contributed by atoms with Crippen LogP contribution in [0.1, 0.15) is 58.3 Å². The molecular formula is C12H23N. The maximum atomic E-state index is 3.72. The second-order valence-electron chi connectivity index (χ2n) is 5.07. The van der Waals surface area contributed by atoms with Crippen LogP contribution < -0.4 is 5.32 Å². The molecule has 2 aliphatic rings. The first-order chi connectivity index (χ1) is 6.35. The van der Waals surface area contributed by atoms with E-state index in [4.69, 9.17) is 0 Å². The van der Waals surface area contributed by atoms with Crippen molar-refractivity contribution in [2.45, 2.75) is 64.3 Å². The predicted octanol–water partition coefficient (Wildman–Crippen LogP) is 3.10. The fourth-order valence-corrected chi connectivity index (χ4v) is 2.61. The summed E-state index contributed by atoms with van der Waals surface area (Å²) < 4.78 is 0. The minimum absolute atomic E-state index is 0.681. The highest BCUT2D eigenvalue weighted by Gasteiger charge is 2.32. The maximum Gasteiger partial charge on any atom is 0.00684 e. The molecule has 0 heterocycles. The Balaban J connectivity index is 1.80. The van der Waals surface area contributed by atoms with Gasteiger partial charge in [0, 0.05) is 12.6 Å². The Kier molecular flexibility index (Phi) is 2.92. The second kappa shape index (κ2) is 4.00. The first-order valence-corrected chi connectivity index (χ1v) is 6.08. The zero-order valence-corrected chi connectivity index (χ0v) is 8.94. The van der Waals surface area contributed by atoms with Crippen LogP contribution in [0.4, 0.5) is 0 Å².